The quantitative estimate of drug-likeness (QED) is 0.484. The first-order valence-electron chi connectivity index (χ1n) is 3.57. The van der Waals surface area contributed by atoms with Crippen molar-refractivity contribution in [2.75, 3.05) is 0 Å². The summed E-state index contributed by atoms with van der Waals surface area (Å²) in [6.07, 6.45) is 3.57. The molecule has 0 bridgehead atoms. The molecule has 0 aliphatic carbocycles. The van der Waals surface area contributed by atoms with Gasteiger partial charge in [0, 0.05) is 0 Å². The van der Waals surface area contributed by atoms with Crippen LogP contribution in [0.25, 0.3) is 0 Å². The van der Waals surface area contributed by atoms with E-state index >= 15 is 0 Å². The largest absolute Gasteiger partial charge is 0.520 e. The Hall–Kier alpha value is -2.06. The van der Waals surface area contributed by atoms with Crippen LogP contribution >= 0.6 is 0 Å². The summed E-state index contributed by atoms with van der Waals surface area (Å²) in [5.74, 6) is -0.998. The molecule has 0 fully saturated rings. The van der Waals surface area contributed by atoms with Gasteiger partial charge in [0.2, 0.25) is 0 Å². The third kappa shape index (κ3) is 4.78. The second-order valence-electron chi connectivity index (χ2n) is 2.28. The van der Waals surface area contributed by atoms with Gasteiger partial charge in [-0.1, -0.05) is 19.8 Å². The van der Waals surface area contributed by atoms with Crippen LogP contribution in [0.4, 0.5) is 0 Å². The van der Waals surface area contributed by atoms with Crippen molar-refractivity contribution in [1.29, 1.82) is 0 Å². The average molecular weight is 415 g/mol. The van der Waals surface area contributed by atoms with E-state index in [4.69, 9.17) is 5.11 Å². The van der Waals surface area contributed by atoms with Gasteiger partial charge in [0.25, 0.3) is 0 Å². The van der Waals surface area contributed by atoms with Gasteiger partial charge in [0.05, 0.1) is 6.04 Å². The molecule has 1 amide bonds. The van der Waals surface area contributed by atoms with Crippen molar-refractivity contribution in [3.63, 3.8) is 0 Å². The van der Waals surface area contributed by atoms with E-state index in [1.807, 2.05) is 6.92 Å². The number of amides is 1. The Balaban J connectivity index is 0. The van der Waals surface area contributed by atoms with E-state index < -0.39 is 12.0 Å². The van der Waals surface area contributed by atoms with Crippen molar-refractivity contribution >= 4 is 12.4 Å². The molecule has 0 rings (SSSR count). The molecule has 0 heterocycles. The van der Waals surface area contributed by atoms with Crippen LogP contribution in [-0.4, -0.2) is 23.5 Å². The van der Waals surface area contributed by atoms with Gasteiger partial charge in [0.15, 0.2) is 0 Å². The molecule has 0 saturated carbocycles. The van der Waals surface area contributed by atoms with Gasteiger partial charge in [-0.25, -0.2) is 0 Å². The Kier molecular flexibility index (Phi) is 7.41. The van der Waals surface area contributed by atoms with Crippen molar-refractivity contribution in [2.24, 2.45) is 0 Å². The Morgan fingerprint density at radius 3 is 2.58 bits per heavy atom. The maximum atomic E-state index is 10.4. The zero-order chi connectivity index (χ0) is 8.69. The van der Waals surface area contributed by atoms with Gasteiger partial charge in [-0.05, 0) is 6.42 Å². The molecule has 0 radical (unpaired) electrons. The SMILES string of the molecule is CCCC[C@H](N[C-]=O)C(=O)O.[Fm]. The van der Waals surface area contributed by atoms with Crippen LogP contribution in [0.5, 0.6) is 0 Å². The van der Waals surface area contributed by atoms with E-state index in [1.54, 1.807) is 0 Å². The molecule has 12 heavy (non-hydrogen) atoms. The summed E-state index contributed by atoms with van der Waals surface area (Å²) in [7, 11) is 0. The molecule has 0 saturated heterocycles. The van der Waals surface area contributed by atoms with Crippen LogP contribution in [0.15, 0.2) is 0 Å². The number of carboxylic acid groups (broad SMARTS) is 1. The van der Waals surface area contributed by atoms with E-state index in [0.717, 1.165) is 12.8 Å². The van der Waals surface area contributed by atoms with Crippen LogP contribution in [0.2, 0.25) is 0 Å². The summed E-state index contributed by atoms with van der Waals surface area (Å²) in [4.78, 5) is 20.1. The molecule has 76 valence electrons. The first kappa shape index (κ1) is 12.6. The fourth-order valence-electron chi connectivity index (χ4n) is 0.737. The molecule has 0 aromatic carbocycles. The van der Waals surface area contributed by atoms with Gasteiger partial charge in [-0.2, -0.15) is 6.41 Å². The minimum Gasteiger partial charge on any atom is -0.520 e. The summed E-state index contributed by atoms with van der Waals surface area (Å²) < 4.78 is 0. The molecule has 0 unspecified atom stereocenters. The second-order valence-corrected chi connectivity index (χ2v) is 2.28. The van der Waals surface area contributed by atoms with Crippen molar-refractivity contribution < 1.29 is 14.7 Å². The number of carboxylic acids is 1. The first-order chi connectivity index (χ1) is 5.22. The molecular weight excluding hydrogens is 403 g/mol. The van der Waals surface area contributed by atoms with E-state index in [-0.39, 0.29) is 0 Å². The molecule has 5 heteroatoms. The monoisotopic (exact) mass is 415 g/mol. The standard InChI is InChI=1S/C7H12NO3.Fm/c1-2-3-4-6(7(10)11)8-5-9;/h6H,2-4H2,1H3,(H,8,9)(H,10,11);/q-1;/t6-;/m0./s1. The number of nitrogens with one attached hydrogen (secondary N) is 1. The Labute approximate surface area is 65.6 Å². The Morgan fingerprint density at radius 2 is 2.25 bits per heavy atom. The molecule has 1 atom stereocenters. The van der Waals surface area contributed by atoms with Crippen LogP contribution in [-0.2, 0) is 9.59 Å². The van der Waals surface area contributed by atoms with Crippen molar-refractivity contribution in [1.82, 2.24) is 5.32 Å². The number of carbonyl (C=O) groups is 1. The van der Waals surface area contributed by atoms with Gasteiger partial charge >= 0.3 is 5.97 Å². The van der Waals surface area contributed by atoms with E-state index in [9.17, 15) is 9.59 Å². The molecule has 0 aliphatic heterocycles. The van der Waals surface area contributed by atoms with Crippen molar-refractivity contribution in [3.05, 3.63) is 0 Å². The number of carbonyl (C=O) groups excluding carboxylic acids is 1. The molecule has 0 spiro atoms. The maximum Gasteiger partial charge on any atom is 0.323 e. The summed E-state index contributed by atoms with van der Waals surface area (Å²) in [6.45, 7) is 1.96. The second kappa shape index (κ2) is 7.05. The van der Waals surface area contributed by atoms with Crippen molar-refractivity contribution in [3.8, 4) is 0 Å². The van der Waals surface area contributed by atoms with E-state index in [2.05, 4.69) is 5.32 Å². The smallest absolute Gasteiger partial charge is 0.323 e. The zero-order valence-electron chi connectivity index (χ0n) is 6.75. The van der Waals surface area contributed by atoms with Crippen LogP contribution in [0.3, 0.4) is 0 Å². The topological polar surface area (TPSA) is 66.4 Å². The predicted octanol–water partition coefficient (Wildman–Crippen LogP) is 0.287. The zero-order valence-corrected chi connectivity index (χ0v) is 9.15. The third-order valence-electron chi connectivity index (χ3n) is 1.38. The van der Waals surface area contributed by atoms with Crippen LogP contribution in [0, 0.1) is 0 Å². The van der Waals surface area contributed by atoms with Gasteiger partial charge < -0.3 is 15.2 Å². The van der Waals surface area contributed by atoms with Gasteiger partial charge in [-0.3, -0.25) is 4.79 Å². The third-order valence-corrected chi connectivity index (χ3v) is 1.38. The minimum absolute atomic E-state index is 0. The molecule has 4 nitrogen and oxygen atoms in total. The van der Waals surface area contributed by atoms with Crippen LogP contribution < -0.4 is 5.32 Å². The Morgan fingerprint density at radius 1 is 1.67 bits per heavy atom. The first-order valence-corrected chi connectivity index (χ1v) is 3.57. The summed E-state index contributed by atoms with van der Waals surface area (Å²) in [6, 6.07) is -0.771. The molecule has 0 aliphatic rings. The average Bonchev–Trinajstić information content (AvgIpc) is 1.97. The summed E-state index contributed by atoms with van der Waals surface area (Å²) in [5.41, 5.74) is 0. The van der Waals surface area contributed by atoms with E-state index in [0.29, 0.717) is 6.42 Å². The molecule has 0 aromatic rings. The van der Waals surface area contributed by atoms with Gasteiger partial charge in [0.1, 0.15) is 0 Å². The van der Waals surface area contributed by atoms with Crippen molar-refractivity contribution in [2.45, 2.75) is 32.2 Å². The molecule has 0 aromatic heterocycles. The number of rotatable bonds is 6. The fourth-order valence-corrected chi connectivity index (χ4v) is 0.737. The predicted molar refractivity (Wildman–Crippen MR) is 39.8 cm³/mol. The maximum absolute atomic E-state index is 10.4. The van der Waals surface area contributed by atoms with Crippen LogP contribution in [0.1, 0.15) is 26.2 Å². The molecular formula is C7H12FmNO3-. The summed E-state index contributed by atoms with van der Waals surface area (Å²) in [5, 5.41) is 10.6. The number of hydrogen-bond donors (Lipinski definition) is 2. The minimum atomic E-state index is -0.998. The normalized spacial score (nSPS) is 11.1. The van der Waals surface area contributed by atoms with Gasteiger partial charge in [-0.15, -0.1) is 0 Å². The number of aliphatic carboxylic acids is 1. The fraction of sp³-hybridized carbons (Fsp3) is 0.714. The van der Waals surface area contributed by atoms with E-state index in [1.165, 1.54) is 6.41 Å². The Bertz CT molecular complexity index is 141. The molecule has 2 N–H and O–H groups in total. The summed E-state index contributed by atoms with van der Waals surface area (Å²) >= 11 is 0. The number of hydrogen-bond acceptors (Lipinski definition) is 2. The number of unbranched alkanes of at least 4 members (excludes halogenated alkanes) is 1.